The van der Waals surface area contributed by atoms with Crippen LogP contribution in [-0.2, 0) is 9.53 Å². The molecule has 0 fully saturated rings. The number of carbonyl (C=O) groups is 1. The molecule has 0 amide bonds. The Morgan fingerprint density at radius 2 is 1.94 bits per heavy atom. The highest BCUT2D eigenvalue weighted by atomic mass is 32.2. The molecule has 1 atom stereocenters. The lowest BCUT2D eigenvalue weighted by atomic mass is 9.97. The molecule has 0 aliphatic rings. The average molecular weight is 268 g/mol. The topological polar surface area (TPSA) is 46.5 Å². The third-order valence-corrected chi connectivity index (χ3v) is 3.36. The summed E-state index contributed by atoms with van der Waals surface area (Å²) in [7, 11) is 0. The van der Waals surface area contributed by atoms with E-state index in [0.717, 1.165) is 4.90 Å². The highest BCUT2D eigenvalue weighted by molar-refractivity contribution is 7.99. The second-order valence-corrected chi connectivity index (χ2v) is 6.22. The van der Waals surface area contributed by atoms with Gasteiger partial charge in [0.05, 0.1) is 11.5 Å². The minimum absolute atomic E-state index is 0.0515. The van der Waals surface area contributed by atoms with Crippen molar-refractivity contribution in [3.8, 4) is 0 Å². The van der Waals surface area contributed by atoms with Crippen LogP contribution in [0.3, 0.4) is 0 Å². The van der Waals surface area contributed by atoms with E-state index in [1.54, 1.807) is 32.5 Å². The van der Waals surface area contributed by atoms with Gasteiger partial charge < -0.3 is 9.84 Å². The molecule has 0 saturated carbocycles. The quantitative estimate of drug-likeness (QED) is 0.659. The molecule has 0 spiro atoms. The predicted molar refractivity (Wildman–Crippen MR) is 73.6 cm³/mol. The van der Waals surface area contributed by atoms with Gasteiger partial charge in [-0.3, -0.25) is 4.79 Å². The van der Waals surface area contributed by atoms with E-state index < -0.39 is 11.5 Å². The van der Waals surface area contributed by atoms with E-state index in [0.29, 0.717) is 5.75 Å². The van der Waals surface area contributed by atoms with Crippen molar-refractivity contribution in [2.75, 3.05) is 12.4 Å². The van der Waals surface area contributed by atoms with Gasteiger partial charge >= 0.3 is 5.97 Å². The molecule has 1 rings (SSSR count). The summed E-state index contributed by atoms with van der Waals surface area (Å²) in [5, 5.41) is 9.73. The summed E-state index contributed by atoms with van der Waals surface area (Å²) in [6, 6.07) is 9.82. The second-order valence-electron chi connectivity index (χ2n) is 5.13. The van der Waals surface area contributed by atoms with Crippen molar-refractivity contribution in [2.45, 2.75) is 31.8 Å². The fourth-order valence-electron chi connectivity index (χ4n) is 1.15. The van der Waals surface area contributed by atoms with Crippen molar-refractivity contribution < 1.29 is 14.6 Å². The summed E-state index contributed by atoms with van der Waals surface area (Å²) in [6.45, 7) is 5.43. The standard InChI is InChI=1S/C14H20O3S/c1-14(2,3)13(16)17-9-11(15)10-18-12-7-5-4-6-8-12/h4-8,11,15H,9-10H2,1-3H3. The zero-order chi connectivity index (χ0) is 13.6. The summed E-state index contributed by atoms with van der Waals surface area (Å²) in [5.74, 6) is 0.229. The van der Waals surface area contributed by atoms with Crippen molar-refractivity contribution in [3.63, 3.8) is 0 Å². The molecule has 0 radical (unpaired) electrons. The summed E-state index contributed by atoms with van der Waals surface area (Å²) >= 11 is 1.55. The Hall–Kier alpha value is -1.00. The van der Waals surface area contributed by atoms with Gasteiger partial charge in [-0.25, -0.2) is 0 Å². The number of esters is 1. The number of aliphatic hydroxyl groups is 1. The summed E-state index contributed by atoms with van der Waals surface area (Å²) < 4.78 is 5.05. The van der Waals surface area contributed by atoms with E-state index in [4.69, 9.17) is 4.74 Å². The number of benzene rings is 1. The lowest BCUT2D eigenvalue weighted by Gasteiger charge is -2.18. The lowest BCUT2D eigenvalue weighted by molar-refractivity contribution is -0.155. The Kier molecular flexibility index (Phi) is 5.69. The Labute approximate surface area is 113 Å². The number of hydrogen-bond acceptors (Lipinski definition) is 4. The van der Waals surface area contributed by atoms with Crippen molar-refractivity contribution in [1.82, 2.24) is 0 Å². The molecule has 1 unspecified atom stereocenters. The van der Waals surface area contributed by atoms with Gasteiger partial charge in [0.1, 0.15) is 6.61 Å². The molecule has 1 aromatic rings. The van der Waals surface area contributed by atoms with Gasteiger partial charge in [-0.15, -0.1) is 11.8 Å². The molecule has 3 nitrogen and oxygen atoms in total. The first-order valence-corrected chi connectivity index (χ1v) is 6.91. The van der Waals surface area contributed by atoms with Crippen molar-refractivity contribution in [2.24, 2.45) is 5.41 Å². The van der Waals surface area contributed by atoms with Crippen LogP contribution in [0.1, 0.15) is 20.8 Å². The molecule has 0 saturated heterocycles. The Bertz CT molecular complexity index is 370. The highest BCUT2D eigenvalue weighted by Gasteiger charge is 2.23. The van der Waals surface area contributed by atoms with Crippen molar-refractivity contribution in [3.05, 3.63) is 30.3 Å². The van der Waals surface area contributed by atoms with Gasteiger partial charge in [0.15, 0.2) is 0 Å². The molecule has 0 aromatic heterocycles. The minimum Gasteiger partial charge on any atom is -0.463 e. The first-order chi connectivity index (χ1) is 8.39. The molecule has 1 aromatic carbocycles. The first-order valence-electron chi connectivity index (χ1n) is 5.93. The van der Waals surface area contributed by atoms with Gasteiger partial charge in [0, 0.05) is 10.6 Å². The van der Waals surface area contributed by atoms with Gasteiger partial charge in [0.25, 0.3) is 0 Å². The number of thioether (sulfide) groups is 1. The normalized spacial score (nSPS) is 13.1. The number of hydrogen-bond donors (Lipinski definition) is 1. The summed E-state index contributed by atoms with van der Waals surface area (Å²) in [5.41, 5.74) is -0.522. The molecule has 4 heteroatoms. The van der Waals surface area contributed by atoms with Crippen LogP contribution in [0.15, 0.2) is 35.2 Å². The van der Waals surface area contributed by atoms with Crippen LogP contribution in [0.5, 0.6) is 0 Å². The fourth-order valence-corrected chi connectivity index (χ4v) is 1.98. The Morgan fingerprint density at radius 1 is 1.33 bits per heavy atom. The third-order valence-electron chi connectivity index (χ3n) is 2.20. The number of rotatable bonds is 5. The Morgan fingerprint density at radius 3 is 2.50 bits per heavy atom. The summed E-state index contributed by atoms with van der Waals surface area (Å²) in [4.78, 5) is 12.6. The molecule has 100 valence electrons. The largest absolute Gasteiger partial charge is 0.463 e. The average Bonchev–Trinajstić information content (AvgIpc) is 2.33. The summed E-state index contributed by atoms with van der Waals surface area (Å²) in [6.07, 6.45) is -0.637. The lowest BCUT2D eigenvalue weighted by Crippen LogP contribution is -2.28. The molecule has 1 N–H and O–H groups in total. The molecule has 0 aliphatic carbocycles. The van der Waals surface area contributed by atoms with Crippen LogP contribution in [0, 0.1) is 5.41 Å². The van der Waals surface area contributed by atoms with Gasteiger partial charge in [0.2, 0.25) is 0 Å². The van der Waals surface area contributed by atoms with Crippen LogP contribution in [0.4, 0.5) is 0 Å². The maximum atomic E-state index is 11.5. The maximum absolute atomic E-state index is 11.5. The zero-order valence-electron chi connectivity index (χ0n) is 11.1. The van der Waals surface area contributed by atoms with Crippen LogP contribution in [-0.4, -0.2) is 29.5 Å². The molecular weight excluding hydrogens is 248 g/mol. The van der Waals surface area contributed by atoms with E-state index in [2.05, 4.69) is 0 Å². The van der Waals surface area contributed by atoms with E-state index in [-0.39, 0.29) is 12.6 Å². The van der Waals surface area contributed by atoms with Crippen molar-refractivity contribution >= 4 is 17.7 Å². The molecule has 0 heterocycles. The van der Waals surface area contributed by atoms with Crippen LogP contribution >= 0.6 is 11.8 Å². The van der Waals surface area contributed by atoms with Crippen LogP contribution < -0.4 is 0 Å². The van der Waals surface area contributed by atoms with E-state index in [1.807, 2.05) is 30.3 Å². The van der Waals surface area contributed by atoms with E-state index >= 15 is 0 Å². The highest BCUT2D eigenvalue weighted by Crippen LogP contribution is 2.19. The fraction of sp³-hybridized carbons (Fsp3) is 0.500. The maximum Gasteiger partial charge on any atom is 0.311 e. The minimum atomic E-state index is -0.637. The molecule has 0 aliphatic heterocycles. The van der Waals surface area contributed by atoms with E-state index in [9.17, 15) is 9.90 Å². The smallest absolute Gasteiger partial charge is 0.311 e. The van der Waals surface area contributed by atoms with Gasteiger partial charge in [-0.1, -0.05) is 18.2 Å². The van der Waals surface area contributed by atoms with Gasteiger partial charge in [-0.05, 0) is 32.9 Å². The number of carbonyl (C=O) groups excluding carboxylic acids is 1. The van der Waals surface area contributed by atoms with Crippen molar-refractivity contribution in [1.29, 1.82) is 0 Å². The molecule has 0 bridgehead atoms. The predicted octanol–water partition coefficient (Wildman–Crippen LogP) is 2.73. The third kappa shape index (κ3) is 5.56. The monoisotopic (exact) mass is 268 g/mol. The van der Waals surface area contributed by atoms with Gasteiger partial charge in [-0.2, -0.15) is 0 Å². The number of aliphatic hydroxyl groups excluding tert-OH is 1. The zero-order valence-corrected chi connectivity index (χ0v) is 11.9. The van der Waals surface area contributed by atoms with E-state index in [1.165, 1.54) is 0 Å². The first kappa shape index (κ1) is 15.1. The SMILES string of the molecule is CC(C)(C)C(=O)OCC(O)CSc1ccccc1. The van der Waals surface area contributed by atoms with Crippen LogP contribution in [0.2, 0.25) is 0 Å². The van der Waals surface area contributed by atoms with Crippen LogP contribution in [0.25, 0.3) is 0 Å². The molecular formula is C14H20O3S. The Balaban J connectivity index is 2.26. The number of ether oxygens (including phenoxy) is 1. The second kappa shape index (κ2) is 6.81. The molecule has 18 heavy (non-hydrogen) atoms.